The Morgan fingerprint density at radius 1 is 0.842 bits per heavy atom. The Labute approximate surface area is 223 Å². The molecule has 2 fully saturated rings. The normalized spacial score (nSPS) is 18.0. The Kier molecular flexibility index (Phi) is 7.06. The van der Waals surface area contributed by atoms with Gasteiger partial charge in [-0.15, -0.1) is 0 Å². The molecular formula is C30H32N6O2. The van der Waals surface area contributed by atoms with Crippen LogP contribution in [0.15, 0.2) is 91.3 Å². The van der Waals surface area contributed by atoms with Crippen molar-refractivity contribution >= 4 is 23.0 Å². The first-order chi connectivity index (χ1) is 18.7. The average Bonchev–Trinajstić information content (AvgIpc) is 3.45. The zero-order chi connectivity index (χ0) is 25.7. The van der Waals surface area contributed by atoms with Gasteiger partial charge in [-0.2, -0.15) is 0 Å². The molecule has 2 saturated heterocycles. The van der Waals surface area contributed by atoms with Gasteiger partial charge in [-0.05, 0) is 61.1 Å². The van der Waals surface area contributed by atoms with Gasteiger partial charge in [0.05, 0.1) is 12.6 Å². The van der Waals surface area contributed by atoms with E-state index in [1.807, 2.05) is 53.6 Å². The average molecular weight is 509 g/mol. The molecule has 1 atom stereocenters. The molecule has 2 aliphatic rings. The van der Waals surface area contributed by atoms with Crippen LogP contribution >= 0.6 is 0 Å². The number of hydroxylamine groups is 1. The number of hydrogen-bond acceptors (Lipinski definition) is 8. The van der Waals surface area contributed by atoms with E-state index in [9.17, 15) is 0 Å². The fourth-order valence-corrected chi connectivity index (χ4v) is 4.91. The van der Waals surface area contributed by atoms with E-state index < -0.39 is 0 Å². The summed E-state index contributed by atoms with van der Waals surface area (Å²) in [5.41, 5.74) is 3.35. The van der Waals surface area contributed by atoms with Gasteiger partial charge >= 0.3 is 0 Å². The van der Waals surface area contributed by atoms with E-state index in [-0.39, 0.29) is 6.04 Å². The Morgan fingerprint density at radius 2 is 1.63 bits per heavy atom. The third kappa shape index (κ3) is 5.56. The van der Waals surface area contributed by atoms with Gasteiger partial charge in [0.2, 0.25) is 0 Å². The number of nitrogens with one attached hydrogen (secondary N) is 1. The number of aromatic nitrogens is 2. The van der Waals surface area contributed by atoms with Crippen LogP contribution in [0.4, 0.5) is 23.0 Å². The maximum atomic E-state index is 6.06. The molecule has 1 N–H and O–H groups in total. The molecule has 1 aromatic heterocycles. The van der Waals surface area contributed by atoms with Crippen LogP contribution in [0.2, 0.25) is 0 Å². The zero-order valence-electron chi connectivity index (χ0n) is 21.5. The number of rotatable bonds is 7. The highest BCUT2D eigenvalue weighted by molar-refractivity contribution is 5.62. The topological polar surface area (TPSA) is 66.0 Å². The Hall–Kier alpha value is -4.14. The summed E-state index contributed by atoms with van der Waals surface area (Å²) < 4.78 is 6.06. The van der Waals surface area contributed by atoms with E-state index in [2.05, 4.69) is 68.5 Å². The molecule has 3 aromatic carbocycles. The lowest BCUT2D eigenvalue weighted by Gasteiger charge is -2.34. The highest BCUT2D eigenvalue weighted by atomic mass is 16.7. The quantitative estimate of drug-likeness (QED) is 0.344. The van der Waals surface area contributed by atoms with Crippen molar-refractivity contribution in [2.75, 3.05) is 55.1 Å². The van der Waals surface area contributed by atoms with Gasteiger partial charge in [-0.25, -0.2) is 15.0 Å². The van der Waals surface area contributed by atoms with Crippen LogP contribution in [0.5, 0.6) is 11.5 Å². The number of ether oxygens (including phenoxy) is 1. The first-order valence-corrected chi connectivity index (χ1v) is 13.1. The Bertz CT molecular complexity index is 1340. The molecule has 0 amide bonds. The molecule has 1 unspecified atom stereocenters. The van der Waals surface area contributed by atoms with Crippen LogP contribution in [0.1, 0.15) is 18.0 Å². The van der Waals surface area contributed by atoms with E-state index in [1.54, 1.807) is 6.33 Å². The van der Waals surface area contributed by atoms with Gasteiger partial charge in [0.25, 0.3) is 0 Å². The lowest BCUT2D eigenvalue weighted by molar-refractivity contribution is 0.157. The molecule has 3 heterocycles. The Balaban J connectivity index is 1.15. The third-order valence-electron chi connectivity index (χ3n) is 7.01. The molecule has 194 valence electrons. The van der Waals surface area contributed by atoms with E-state index in [1.165, 1.54) is 5.69 Å². The summed E-state index contributed by atoms with van der Waals surface area (Å²) in [6, 6.07) is 28.5. The minimum atomic E-state index is 0.0277. The maximum absolute atomic E-state index is 6.06. The monoisotopic (exact) mass is 508 g/mol. The Morgan fingerprint density at radius 3 is 2.45 bits per heavy atom. The van der Waals surface area contributed by atoms with Gasteiger partial charge in [-0.1, -0.05) is 30.3 Å². The molecule has 0 spiro atoms. The predicted octanol–water partition coefficient (Wildman–Crippen LogP) is 5.65. The zero-order valence-corrected chi connectivity index (χ0v) is 21.5. The largest absolute Gasteiger partial charge is 0.457 e. The van der Waals surface area contributed by atoms with Crippen molar-refractivity contribution < 1.29 is 9.57 Å². The molecule has 2 aliphatic heterocycles. The first kappa shape index (κ1) is 24.2. The summed E-state index contributed by atoms with van der Waals surface area (Å²) in [4.78, 5) is 19.8. The van der Waals surface area contributed by atoms with Gasteiger partial charge in [0.15, 0.2) is 5.82 Å². The highest BCUT2D eigenvalue weighted by Crippen LogP contribution is 2.36. The summed E-state index contributed by atoms with van der Waals surface area (Å²) in [6.07, 6.45) is 2.43. The number of para-hydroxylation sites is 1. The summed E-state index contributed by atoms with van der Waals surface area (Å²) in [5.74, 6) is 3.05. The summed E-state index contributed by atoms with van der Waals surface area (Å²) in [5, 5.41) is 5.30. The third-order valence-corrected chi connectivity index (χ3v) is 7.01. The highest BCUT2D eigenvalue weighted by Gasteiger charge is 2.29. The van der Waals surface area contributed by atoms with Gasteiger partial charge < -0.3 is 19.9 Å². The van der Waals surface area contributed by atoms with Crippen molar-refractivity contribution in [3.63, 3.8) is 0 Å². The van der Waals surface area contributed by atoms with E-state index in [4.69, 9.17) is 9.57 Å². The van der Waals surface area contributed by atoms with Crippen molar-refractivity contribution in [3.8, 4) is 11.5 Å². The number of benzene rings is 3. The number of piperazine rings is 1. The molecule has 38 heavy (non-hydrogen) atoms. The van der Waals surface area contributed by atoms with Crippen molar-refractivity contribution in [1.29, 1.82) is 0 Å². The second-order valence-electron chi connectivity index (χ2n) is 9.67. The molecule has 0 bridgehead atoms. The first-order valence-electron chi connectivity index (χ1n) is 13.1. The molecule has 6 rings (SSSR count). The van der Waals surface area contributed by atoms with Crippen LogP contribution < -0.4 is 20.0 Å². The number of likely N-dealkylation sites (N-methyl/N-ethyl adjacent to an activating group) is 1. The van der Waals surface area contributed by atoms with Crippen LogP contribution in [0.3, 0.4) is 0 Å². The molecule has 8 nitrogen and oxygen atoms in total. The van der Waals surface area contributed by atoms with E-state index in [0.717, 1.165) is 61.2 Å². The summed E-state index contributed by atoms with van der Waals surface area (Å²) in [6.45, 7) is 4.91. The number of hydrogen-bond donors (Lipinski definition) is 1. The lowest BCUT2D eigenvalue weighted by atomic mass is 10.0. The van der Waals surface area contributed by atoms with Crippen molar-refractivity contribution in [3.05, 3.63) is 96.8 Å². The van der Waals surface area contributed by atoms with E-state index >= 15 is 0 Å². The SMILES string of the molecule is CN1CCN(c2ccc(Nc3cc(N4OCCC4c4cccc(Oc5ccccc5)c4)ncn3)cc2)CC1. The summed E-state index contributed by atoms with van der Waals surface area (Å²) in [7, 11) is 2.17. The predicted molar refractivity (Wildman–Crippen MR) is 150 cm³/mol. The number of anilines is 4. The van der Waals surface area contributed by atoms with Crippen molar-refractivity contribution in [1.82, 2.24) is 14.9 Å². The second-order valence-corrected chi connectivity index (χ2v) is 9.67. The fraction of sp³-hybridized carbons (Fsp3) is 0.267. The van der Waals surface area contributed by atoms with Gasteiger partial charge in [0, 0.05) is 50.0 Å². The number of nitrogens with zero attached hydrogens (tertiary/aromatic N) is 5. The lowest BCUT2D eigenvalue weighted by Crippen LogP contribution is -2.44. The minimum absolute atomic E-state index is 0.0277. The molecule has 4 aromatic rings. The maximum Gasteiger partial charge on any atom is 0.158 e. The van der Waals surface area contributed by atoms with Crippen LogP contribution in [0, 0.1) is 0 Å². The summed E-state index contributed by atoms with van der Waals surface area (Å²) >= 11 is 0. The van der Waals surface area contributed by atoms with Crippen LogP contribution in [-0.4, -0.2) is 54.7 Å². The van der Waals surface area contributed by atoms with Crippen LogP contribution in [-0.2, 0) is 4.84 Å². The molecule has 0 aliphatic carbocycles. The standard InChI is InChI=1S/C30H32N6O2/c1-34-15-17-35(18-16-34)25-12-10-24(11-13-25)33-29-21-30(32-22-31-29)36-28(14-19-37-36)23-6-5-9-27(20-23)38-26-7-3-2-4-8-26/h2-13,20-22,28H,14-19H2,1H3,(H,31,32,33). The minimum Gasteiger partial charge on any atom is -0.457 e. The van der Waals surface area contributed by atoms with Crippen molar-refractivity contribution in [2.24, 2.45) is 0 Å². The van der Waals surface area contributed by atoms with Crippen molar-refractivity contribution in [2.45, 2.75) is 12.5 Å². The molecule has 8 heteroatoms. The van der Waals surface area contributed by atoms with Gasteiger partial charge in [-0.3, -0.25) is 4.84 Å². The second kappa shape index (κ2) is 11.1. The van der Waals surface area contributed by atoms with Gasteiger partial charge in [0.1, 0.15) is 23.6 Å². The molecule has 0 saturated carbocycles. The van der Waals surface area contributed by atoms with E-state index in [0.29, 0.717) is 12.4 Å². The smallest absolute Gasteiger partial charge is 0.158 e. The molecule has 0 radical (unpaired) electrons. The molecular weight excluding hydrogens is 476 g/mol. The fourth-order valence-electron chi connectivity index (χ4n) is 4.91. The van der Waals surface area contributed by atoms with Crippen LogP contribution in [0.25, 0.3) is 0 Å².